The van der Waals surface area contributed by atoms with Gasteiger partial charge in [0, 0.05) is 28.8 Å². The monoisotopic (exact) mass is 274 g/mol. The first-order valence-electron chi connectivity index (χ1n) is 6.79. The molecule has 0 saturated carbocycles. The maximum atomic E-state index is 11.8. The van der Waals surface area contributed by atoms with Crippen molar-refractivity contribution in [3.05, 3.63) is 30.5 Å². The third kappa shape index (κ3) is 2.04. The van der Waals surface area contributed by atoms with Crippen LogP contribution in [0.1, 0.15) is 19.9 Å². The van der Waals surface area contributed by atoms with Crippen LogP contribution in [-0.2, 0) is 4.74 Å². The molecule has 0 bridgehead atoms. The molecule has 1 aliphatic rings. The van der Waals surface area contributed by atoms with Crippen molar-refractivity contribution in [2.45, 2.75) is 26.0 Å². The third-order valence-electron chi connectivity index (χ3n) is 3.65. The van der Waals surface area contributed by atoms with E-state index in [0.717, 1.165) is 16.6 Å². The Bertz CT molecular complexity index is 648. The van der Waals surface area contributed by atoms with E-state index in [1.807, 2.05) is 24.3 Å². The van der Waals surface area contributed by atoms with Crippen molar-refractivity contribution in [3.63, 3.8) is 0 Å². The molecule has 1 aliphatic heterocycles. The SMILES string of the molecule is CC(C)n1ccc2cc(N3CC(CO)OC3=O)ccc21. The Labute approximate surface area is 117 Å². The van der Waals surface area contributed by atoms with Gasteiger partial charge in [-0.1, -0.05) is 0 Å². The molecule has 1 fully saturated rings. The molecular formula is C15H18N2O3. The van der Waals surface area contributed by atoms with Crippen LogP contribution in [0.3, 0.4) is 0 Å². The number of ether oxygens (including phenoxy) is 1. The minimum Gasteiger partial charge on any atom is -0.441 e. The van der Waals surface area contributed by atoms with Crippen LogP contribution >= 0.6 is 0 Å². The number of carbonyl (C=O) groups excluding carboxylic acids is 1. The summed E-state index contributed by atoms with van der Waals surface area (Å²) in [6.07, 6.45) is 1.22. The normalized spacial score (nSPS) is 19.1. The number of amides is 1. The molecule has 1 amide bonds. The van der Waals surface area contributed by atoms with E-state index >= 15 is 0 Å². The predicted molar refractivity (Wildman–Crippen MR) is 77.0 cm³/mol. The molecule has 1 aromatic heterocycles. The van der Waals surface area contributed by atoms with Crippen LogP contribution in [-0.4, -0.2) is 35.0 Å². The lowest BCUT2D eigenvalue weighted by Crippen LogP contribution is -2.25. The van der Waals surface area contributed by atoms with Crippen LogP contribution < -0.4 is 4.90 Å². The molecular weight excluding hydrogens is 256 g/mol. The van der Waals surface area contributed by atoms with E-state index in [9.17, 15) is 4.79 Å². The van der Waals surface area contributed by atoms with Crippen molar-refractivity contribution in [1.82, 2.24) is 4.57 Å². The largest absolute Gasteiger partial charge is 0.441 e. The van der Waals surface area contributed by atoms with Gasteiger partial charge in [0.1, 0.15) is 6.10 Å². The summed E-state index contributed by atoms with van der Waals surface area (Å²) in [4.78, 5) is 13.3. The molecule has 1 atom stereocenters. The van der Waals surface area contributed by atoms with Crippen molar-refractivity contribution in [1.29, 1.82) is 0 Å². The van der Waals surface area contributed by atoms with Gasteiger partial charge in [-0.05, 0) is 38.1 Å². The molecule has 1 saturated heterocycles. The highest BCUT2D eigenvalue weighted by molar-refractivity contribution is 5.93. The number of benzene rings is 1. The number of cyclic esters (lactones) is 1. The fraction of sp³-hybridized carbons (Fsp3) is 0.400. The van der Waals surface area contributed by atoms with Crippen molar-refractivity contribution in [2.24, 2.45) is 0 Å². The predicted octanol–water partition coefficient (Wildman–Crippen LogP) is 2.54. The summed E-state index contributed by atoms with van der Waals surface area (Å²) in [5.74, 6) is 0. The number of fused-ring (bicyclic) bond motifs is 1. The lowest BCUT2D eigenvalue weighted by molar-refractivity contribution is 0.0963. The second kappa shape index (κ2) is 4.83. The standard InChI is InChI=1S/C15H18N2O3/c1-10(2)16-6-5-11-7-12(3-4-14(11)16)17-8-13(9-18)20-15(17)19/h3-7,10,13,18H,8-9H2,1-2H3. The number of nitrogens with zero attached hydrogens (tertiary/aromatic N) is 2. The van der Waals surface area contributed by atoms with Crippen LogP contribution in [0.2, 0.25) is 0 Å². The van der Waals surface area contributed by atoms with E-state index < -0.39 is 12.2 Å². The summed E-state index contributed by atoms with van der Waals surface area (Å²) >= 11 is 0. The van der Waals surface area contributed by atoms with Gasteiger partial charge in [0.2, 0.25) is 0 Å². The van der Waals surface area contributed by atoms with E-state index in [0.29, 0.717) is 12.6 Å². The number of aliphatic hydroxyl groups is 1. The average molecular weight is 274 g/mol. The number of rotatable bonds is 3. The highest BCUT2D eigenvalue weighted by Crippen LogP contribution is 2.27. The van der Waals surface area contributed by atoms with Gasteiger partial charge in [0.25, 0.3) is 0 Å². The van der Waals surface area contributed by atoms with Gasteiger partial charge in [-0.25, -0.2) is 4.79 Å². The van der Waals surface area contributed by atoms with Gasteiger partial charge in [-0.2, -0.15) is 0 Å². The first-order valence-corrected chi connectivity index (χ1v) is 6.79. The molecule has 2 heterocycles. The minimum absolute atomic E-state index is 0.145. The molecule has 106 valence electrons. The maximum absolute atomic E-state index is 11.8. The average Bonchev–Trinajstić information content (AvgIpc) is 3.01. The molecule has 0 radical (unpaired) electrons. The zero-order valence-corrected chi connectivity index (χ0v) is 11.6. The Balaban J connectivity index is 1.96. The molecule has 0 spiro atoms. The van der Waals surface area contributed by atoms with Gasteiger partial charge in [-0.3, -0.25) is 4.90 Å². The zero-order chi connectivity index (χ0) is 14.3. The van der Waals surface area contributed by atoms with E-state index in [1.54, 1.807) is 4.90 Å². The summed E-state index contributed by atoms with van der Waals surface area (Å²) in [5, 5.41) is 10.2. The lowest BCUT2D eigenvalue weighted by atomic mass is 10.2. The second-order valence-electron chi connectivity index (χ2n) is 5.36. The number of hydrogen-bond acceptors (Lipinski definition) is 3. The zero-order valence-electron chi connectivity index (χ0n) is 11.6. The van der Waals surface area contributed by atoms with Gasteiger partial charge < -0.3 is 14.4 Å². The summed E-state index contributed by atoms with van der Waals surface area (Å²) in [5.41, 5.74) is 1.95. The number of anilines is 1. The highest BCUT2D eigenvalue weighted by atomic mass is 16.6. The van der Waals surface area contributed by atoms with E-state index in [1.165, 1.54) is 0 Å². The number of aromatic nitrogens is 1. The van der Waals surface area contributed by atoms with Gasteiger partial charge >= 0.3 is 6.09 Å². The Kier molecular flexibility index (Phi) is 3.14. The third-order valence-corrected chi connectivity index (χ3v) is 3.65. The molecule has 5 nitrogen and oxygen atoms in total. The molecule has 20 heavy (non-hydrogen) atoms. The van der Waals surface area contributed by atoms with E-state index in [2.05, 4.69) is 24.6 Å². The van der Waals surface area contributed by atoms with Gasteiger partial charge in [-0.15, -0.1) is 0 Å². The molecule has 3 rings (SSSR count). The number of hydrogen-bond donors (Lipinski definition) is 1. The van der Waals surface area contributed by atoms with Crippen LogP contribution in [0.25, 0.3) is 10.9 Å². The van der Waals surface area contributed by atoms with Crippen molar-refractivity contribution < 1.29 is 14.6 Å². The molecule has 1 N–H and O–H groups in total. The first kappa shape index (κ1) is 13.0. The molecule has 5 heteroatoms. The topological polar surface area (TPSA) is 54.7 Å². The quantitative estimate of drug-likeness (QED) is 0.935. The van der Waals surface area contributed by atoms with Crippen molar-refractivity contribution >= 4 is 22.7 Å². The lowest BCUT2D eigenvalue weighted by Gasteiger charge is -2.14. The Hall–Kier alpha value is -2.01. The first-order chi connectivity index (χ1) is 9.60. The Morgan fingerprint density at radius 2 is 2.20 bits per heavy atom. The van der Waals surface area contributed by atoms with Gasteiger partial charge in [0.05, 0.1) is 13.2 Å². The summed E-state index contributed by atoms with van der Waals surface area (Å²) in [6.45, 7) is 4.52. The van der Waals surface area contributed by atoms with Crippen LogP contribution in [0, 0.1) is 0 Å². The van der Waals surface area contributed by atoms with Crippen molar-refractivity contribution in [3.8, 4) is 0 Å². The van der Waals surface area contributed by atoms with Crippen molar-refractivity contribution in [2.75, 3.05) is 18.1 Å². The summed E-state index contributed by atoms with van der Waals surface area (Å²) in [7, 11) is 0. The number of aliphatic hydroxyl groups excluding tert-OH is 1. The fourth-order valence-electron chi connectivity index (χ4n) is 2.60. The van der Waals surface area contributed by atoms with E-state index in [-0.39, 0.29) is 6.61 Å². The molecule has 2 aromatic rings. The molecule has 1 aromatic carbocycles. The van der Waals surface area contributed by atoms with E-state index in [4.69, 9.17) is 9.84 Å². The minimum atomic E-state index is -0.432. The smallest absolute Gasteiger partial charge is 0.414 e. The summed E-state index contributed by atoms with van der Waals surface area (Å²) < 4.78 is 7.26. The number of carbonyl (C=O) groups is 1. The van der Waals surface area contributed by atoms with Crippen LogP contribution in [0.15, 0.2) is 30.5 Å². The molecule has 0 aliphatic carbocycles. The molecule has 1 unspecified atom stereocenters. The highest BCUT2D eigenvalue weighted by Gasteiger charge is 2.31. The Morgan fingerprint density at radius 1 is 1.40 bits per heavy atom. The van der Waals surface area contributed by atoms with Crippen LogP contribution in [0.5, 0.6) is 0 Å². The fourth-order valence-corrected chi connectivity index (χ4v) is 2.60. The Morgan fingerprint density at radius 3 is 2.85 bits per heavy atom. The second-order valence-corrected chi connectivity index (χ2v) is 5.36. The summed E-state index contributed by atoms with van der Waals surface area (Å²) in [6, 6.07) is 8.36. The van der Waals surface area contributed by atoms with Gasteiger partial charge in [0.15, 0.2) is 0 Å². The van der Waals surface area contributed by atoms with Crippen LogP contribution in [0.4, 0.5) is 10.5 Å². The maximum Gasteiger partial charge on any atom is 0.414 e.